The summed E-state index contributed by atoms with van der Waals surface area (Å²) in [5.41, 5.74) is 3.37. The second kappa shape index (κ2) is 10.3. The van der Waals surface area contributed by atoms with Gasteiger partial charge in [-0.25, -0.2) is 4.79 Å². The van der Waals surface area contributed by atoms with Gasteiger partial charge in [0.1, 0.15) is 13.2 Å². The van der Waals surface area contributed by atoms with E-state index in [1.807, 2.05) is 32.9 Å². The monoisotopic (exact) mass is 401 g/mol. The number of hydrogen-bond donors (Lipinski definition) is 0. The molecule has 0 amide bonds. The minimum absolute atomic E-state index is 0.221. The normalized spacial score (nSPS) is 13.0. The van der Waals surface area contributed by atoms with Crippen molar-refractivity contribution in [2.45, 2.75) is 47.6 Å². The van der Waals surface area contributed by atoms with Crippen molar-refractivity contribution < 1.29 is 9.57 Å². The molecule has 29 heavy (non-hydrogen) atoms. The minimum atomic E-state index is -0.328. The molecule has 0 N–H and O–H groups in total. The Hall–Kier alpha value is -3.30. The number of nitrogens with zero attached hydrogens (tertiary/aromatic N) is 7. The molecule has 0 aliphatic carbocycles. The molecule has 0 aliphatic heterocycles. The molecule has 0 aliphatic rings. The molecule has 1 heterocycles. The predicted octanol–water partition coefficient (Wildman–Crippen LogP) is 2.39. The molecule has 2 rings (SSSR count). The van der Waals surface area contributed by atoms with Gasteiger partial charge in [0.2, 0.25) is 5.90 Å². The number of aryl methyl sites for hydroxylation is 2. The van der Waals surface area contributed by atoms with Crippen LogP contribution >= 0.6 is 0 Å². The number of aromatic nitrogens is 4. The highest BCUT2D eigenvalue weighted by atomic mass is 16.6. The molecule has 0 spiro atoms. The van der Waals surface area contributed by atoms with E-state index in [0.717, 1.165) is 11.1 Å². The van der Waals surface area contributed by atoms with Crippen LogP contribution in [0.5, 0.6) is 0 Å². The fourth-order valence-electron chi connectivity index (χ4n) is 2.33. The Bertz CT molecular complexity index is 986. The summed E-state index contributed by atoms with van der Waals surface area (Å²) in [5, 5.41) is 20.0. The average Bonchev–Trinajstić information content (AvgIpc) is 3.05. The van der Waals surface area contributed by atoms with E-state index >= 15 is 0 Å². The molecule has 0 saturated carbocycles. The van der Waals surface area contributed by atoms with Gasteiger partial charge in [0.25, 0.3) is 0 Å². The smallest absolute Gasteiger partial charge is 0.368 e. The van der Waals surface area contributed by atoms with Crippen LogP contribution in [-0.4, -0.2) is 43.7 Å². The van der Waals surface area contributed by atoms with Gasteiger partial charge < -0.3 is 9.57 Å². The van der Waals surface area contributed by atoms with Gasteiger partial charge in [0.15, 0.2) is 0 Å². The number of benzene rings is 1. The number of oxime groups is 1. The van der Waals surface area contributed by atoms with E-state index in [-0.39, 0.29) is 12.3 Å². The van der Waals surface area contributed by atoms with E-state index in [0.29, 0.717) is 36.0 Å². The van der Waals surface area contributed by atoms with Gasteiger partial charge in [0.05, 0.1) is 17.1 Å². The van der Waals surface area contributed by atoms with Crippen LogP contribution < -0.4 is 5.69 Å². The van der Waals surface area contributed by atoms with Crippen LogP contribution in [-0.2, 0) is 23.2 Å². The van der Waals surface area contributed by atoms with E-state index in [9.17, 15) is 4.79 Å². The first-order chi connectivity index (χ1) is 13.9. The average molecular weight is 401 g/mol. The van der Waals surface area contributed by atoms with Crippen molar-refractivity contribution in [1.29, 1.82) is 0 Å². The molecule has 1 aromatic heterocycles. The van der Waals surface area contributed by atoms with Crippen molar-refractivity contribution in [2.24, 2.45) is 22.4 Å². The van der Waals surface area contributed by atoms with Crippen LogP contribution in [0.3, 0.4) is 0 Å². The highest BCUT2D eigenvalue weighted by Gasteiger charge is 2.14. The fourth-order valence-corrected chi connectivity index (χ4v) is 2.33. The first-order valence-electron chi connectivity index (χ1n) is 9.37. The van der Waals surface area contributed by atoms with E-state index in [4.69, 9.17) is 9.57 Å². The van der Waals surface area contributed by atoms with E-state index in [2.05, 4.69) is 25.8 Å². The predicted molar refractivity (Wildman–Crippen MR) is 112 cm³/mol. The molecular weight excluding hydrogens is 374 g/mol. The largest absolute Gasteiger partial charge is 0.475 e. The van der Waals surface area contributed by atoms with Gasteiger partial charge in [-0.15, -0.1) is 5.10 Å². The molecule has 156 valence electrons. The van der Waals surface area contributed by atoms with Crippen LogP contribution in [0.15, 0.2) is 38.4 Å². The van der Waals surface area contributed by atoms with Gasteiger partial charge in [0, 0.05) is 19.0 Å². The first-order valence-corrected chi connectivity index (χ1v) is 9.37. The Morgan fingerprint density at radius 3 is 2.52 bits per heavy atom. The van der Waals surface area contributed by atoms with Gasteiger partial charge >= 0.3 is 5.69 Å². The first kappa shape index (κ1) is 22.0. The van der Waals surface area contributed by atoms with Gasteiger partial charge in [-0.05, 0) is 49.8 Å². The molecule has 1 aromatic carbocycles. The summed E-state index contributed by atoms with van der Waals surface area (Å²) in [6, 6.07) is 5.61. The second-order valence-corrected chi connectivity index (χ2v) is 6.29. The third kappa shape index (κ3) is 5.59. The maximum atomic E-state index is 12.2. The number of ether oxygens (including phenoxy) is 1. The zero-order valence-corrected chi connectivity index (χ0v) is 17.7. The summed E-state index contributed by atoms with van der Waals surface area (Å²) in [5.74, 6) is 0.467. The van der Waals surface area contributed by atoms with Crippen LogP contribution in [0.2, 0.25) is 0 Å². The standard InChI is InChI=1S/C19H27N7O3/c1-7-18(21-20-14(4)15(5)22-29-8-2)28-12-16-13(3)10-9-11-17(16)26-19(27)25(6)23-24-26/h9-11H,7-8,12H2,1-6H3/b20-14?,21-18-,22-15+. The SMILES string of the molecule is CCO/N=C(\C)C(C)=N/N=C(/CC)OCc1c(C)cccc1-n1nnn(C)c1=O. The van der Waals surface area contributed by atoms with Crippen LogP contribution in [0.25, 0.3) is 5.69 Å². The van der Waals surface area contributed by atoms with Crippen LogP contribution in [0, 0.1) is 6.92 Å². The molecule has 2 aromatic rings. The van der Waals surface area contributed by atoms with Crippen molar-refractivity contribution >= 4 is 17.3 Å². The molecular formula is C19H27N7O3. The lowest BCUT2D eigenvalue weighted by atomic mass is 10.1. The zero-order valence-electron chi connectivity index (χ0n) is 17.7. The van der Waals surface area contributed by atoms with Crippen molar-refractivity contribution in [3.05, 3.63) is 39.8 Å². The van der Waals surface area contributed by atoms with E-state index in [1.54, 1.807) is 27.0 Å². The molecule has 0 atom stereocenters. The van der Waals surface area contributed by atoms with Crippen LogP contribution in [0.4, 0.5) is 0 Å². The third-order valence-electron chi connectivity index (χ3n) is 4.19. The Morgan fingerprint density at radius 2 is 1.90 bits per heavy atom. The summed E-state index contributed by atoms with van der Waals surface area (Å²) >= 11 is 0. The Balaban J connectivity index is 2.24. The highest BCUT2D eigenvalue weighted by molar-refractivity contribution is 6.40. The second-order valence-electron chi connectivity index (χ2n) is 6.29. The molecule has 0 radical (unpaired) electrons. The summed E-state index contributed by atoms with van der Waals surface area (Å²) in [6.07, 6.45) is 0.560. The molecule has 0 fully saturated rings. The van der Waals surface area contributed by atoms with Crippen molar-refractivity contribution in [3.63, 3.8) is 0 Å². The summed E-state index contributed by atoms with van der Waals surface area (Å²) in [7, 11) is 1.55. The number of hydrogen-bond acceptors (Lipinski definition) is 8. The Labute approximate surface area is 169 Å². The van der Waals surface area contributed by atoms with Gasteiger partial charge in [-0.3, -0.25) is 0 Å². The molecule has 0 unspecified atom stereocenters. The highest BCUT2D eigenvalue weighted by Crippen LogP contribution is 2.18. The Kier molecular flexibility index (Phi) is 7.81. The van der Waals surface area contributed by atoms with Crippen molar-refractivity contribution in [3.8, 4) is 5.69 Å². The zero-order chi connectivity index (χ0) is 21.4. The minimum Gasteiger partial charge on any atom is -0.475 e. The van der Waals surface area contributed by atoms with Crippen molar-refractivity contribution in [2.75, 3.05) is 6.61 Å². The molecule has 10 nitrogen and oxygen atoms in total. The summed E-state index contributed by atoms with van der Waals surface area (Å²) in [4.78, 5) is 17.3. The lowest BCUT2D eigenvalue weighted by Gasteiger charge is -2.13. The fraction of sp³-hybridized carbons (Fsp3) is 0.474. The molecule has 0 saturated heterocycles. The summed E-state index contributed by atoms with van der Waals surface area (Å²) < 4.78 is 8.31. The summed E-state index contributed by atoms with van der Waals surface area (Å²) in [6.45, 7) is 10.0. The Morgan fingerprint density at radius 1 is 1.14 bits per heavy atom. The maximum Gasteiger partial charge on any atom is 0.368 e. The molecule has 10 heteroatoms. The van der Waals surface area contributed by atoms with Gasteiger partial charge in [-0.2, -0.15) is 14.5 Å². The third-order valence-corrected chi connectivity index (χ3v) is 4.19. The number of rotatable bonds is 8. The van der Waals surface area contributed by atoms with E-state index in [1.165, 1.54) is 9.36 Å². The van der Waals surface area contributed by atoms with Gasteiger partial charge in [-0.1, -0.05) is 24.2 Å². The maximum absolute atomic E-state index is 12.2. The quantitative estimate of drug-likeness (QED) is 0.383. The van der Waals surface area contributed by atoms with Crippen molar-refractivity contribution in [1.82, 2.24) is 19.8 Å². The lowest BCUT2D eigenvalue weighted by Crippen LogP contribution is -2.23. The van der Waals surface area contributed by atoms with E-state index < -0.39 is 0 Å². The lowest BCUT2D eigenvalue weighted by molar-refractivity contribution is 0.159. The van der Waals surface area contributed by atoms with Crippen LogP contribution in [0.1, 0.15) is 45.2 Å². The topological polar surface area (TPSA) is 108 Å². The molecule has 0 bridgehead atoms. The number of tetrazole rings is 1.